The van der Waals surface area contributed by atoms with Crippen LogP contribution in [0, 0.1) is 0 Å². The molecule has 0 fully saturated rings. The molecule has 0 aromatic rings. The van der Waals surface area contributed by atoms with Gasteiger partial charge in [0.1, 0.15) is 13.2 Å². The molecule has 0 saturated carbocycles. The first kappa shape index (κ1) is 20.7. The van der Waals surface area contributed by atoms with Crippen molar-refractivity contribution in [2.45, 2.75) is 20.0 Å². The number of carbonyl (C=O) groups is 3. The second-order valence-electron chi connectivity index (χ2n) is 3.86. The average Bonchev–Trinajstić information content (AvgIpc) is 2.52. The predicted molar refractivity (Wildman–Crippen MR) is 76.8 cm³/mol. The van der Waals surface area contributed by atoms with Crippen LogP contribution in [0.4, 0.5) is 9.59 Å². The zero-order valence-electron chi connectivity index (χ0n) is 13.3. The smallest absolute Gasteiger partial charge is 0.460 e. The van der Waals surface area contributed by atoms with Crippen molar-refractivity contribution in [2.75, 3.05) is 39.6 Å². The number of rotatable bonds is 11. The van der Waals surface area contributed by atoms with E-state index >= 15 is 0 Å². The lowest BCUT2D eigenvalue weighted by Crippen LogP contribution is -2.30. The molecule has 132 valence electrons. The van der Waals surface area contributed by atoms with Gasteiger partial charge >= 0.3 is 18.3 Å². The summed E-state index contributed by atoms with van der Waals surface area (Å²) in [6.45, 7) is 6.54. The molecule has 1 atom stereocenters. The van der Waals surface area contributed by atoms with Gasteiger partial charge in [-0.25, -0.2) is 14.4 Å². The van der Waals surface area contributed by atoms with Gasteiger partial charge in [0.25, 0.3) is 0 Å². The molecule has 9 nitrogen and oxygen atoms in total. The van der Waals surface area contributed by atoms with E-state index in [2.05, 4.69) is 16.1 Å². The van der Waals surface area contributed by atoms with E-state index in [1.54, 1.807) is 13.8 Å². The van der Waals surface area contributed by atoms with Gasteiger partial charge in [0, 0.05) is 6.08 Å². The second-order valence-corrected chi connectivity index (χ2v) is 3.86. The molecular formula is C14H22O9. The third kappa shape index (κ3) is 12.0. The molecule has 1 unspecified atom stereocenters. The molecule has 0 radical (unpaired) electrons. The fourth-order valence-electron chi connectivity index (χ4n) is 1.20. The van der Waals surface area contributed by atoms with Crippen molar-refractivity contribution in [1.82, 2.24) is 0 Å². The van der Waals surface area contributed by atoms with Gasteiger partial charge in [-0.15, -0.1) is 0 Å². The third-order valence-corrected chi connectivity index (χ3v) is 2.12. The minimum atomic E-state index is -0.911. The van der Waals surface area contributed by atoms with Crippen molar-refractivity contribution in [3.8, 4) is 0 Å². The molecule has 0 bridgehead atoms. The van der Waals surface area contributed by atoms with Crippen molar-refractivity contribution in [2.24, 2.45) is 0 Å². The van der Waals surface area contributed by atoms with Gasteiger partial charge in [-0.2, -0.15) is 0 Å². The molecule has 0 rings (SSSR count). The first-order chi connectivity index (χ1) is 11.0. The van der Waals surface area contributed by atoms with Crippen LogP contribution in [-0.4, -0.2) is 64.0 Å². The molecule has 0 N–H and O–H groups in total. The van der Waals surface area contributed by atoms with E-state index in [0.29, 0.717) is 0 Å². The Morgan fingerprint density at radius 2 is 1.57 bits per heavy atom. The molecule has 0 aliphatic carbocycles. The summed E-state index contributed by atoms with van der Waals surface area (Å²) < 4.78 is 28.8. The van der Waals surface area contributed by atoms with E-state index in [1.807, 2.05) is 0 Å². The molecule has 0 heterocycles. The van der Waals surface area contributed by atoms with E-state index in [0.717, 1.165) is 6.08 Å². The second kappa shape index (κ2) is 13.4. The zero-order chi connectivity index (χ0) is 17.5. The highest BCUT2D eigenvalue weighted by molar-refractivity contribution is 5.81. The minimum Gasteiger partial charge on any atom is -0.460 e. The van der Waals surface area contributed by atoms with Crippen LogP contribution in [0.2, 0.25) is 0 Å². The van der Waals surface area contributed by atoms with Crippen LogP contribution in [0.15, 0.2) is 12.7 Å². The third-order valence-electron chi connectivity index (χ3n) is 2.12. The van der Waals surface area contributed by atoms with Crippen LogP contribution in [0.3, 0.4) is 0 Å². The maximum absolute atomic E-state index is 11.3. The van der Waals surface area contributed by atoms with Gasteiger partial charge < -0.3 is 28.4 Å². The van der Waals surface area contributed by atoms with Crippen molar-refractivity contribution in [1.29, 1.82) is 0 Å². The van der Waals surface area contributed by atoms with Gasteiger partial charge in [-0.1, -0.05) is 6.58 Å². The van der Waals surface area contributed by atoms with Crippen molar-refractivity contribution in [3.05, 3.63) is 12.7 Å². The first-order valence-electron chi connectivity index (χ1n) is 7.03. The summed E-state index contributed by atoms with van der Waals surface area (Å²) >= 11 is 0. The Morgan fingerprint density at radius 1 is 0.913 bits per heavy atom. The highest BCUT2D eigenvalue weighted by Gasteiger charge is 2.18. The van der Waals surface area contributed by atoms with E-state index in [1.165, 1.54) is 0 Å². The Hall–Kier alpha value is -2.29. The van der Waals surface area contributed by atoms with Gasteiger partial charge in [0.05, 0.1) is 26.4 Å². The topological polar surface area (TPSA) is 107 Å². The number of esters is 1. The molecule has 0 saturated heterocycles. The minimum absolute atomic E-state index is 0.00964. The largest absolute Gasteiger partial charge is 0.508 e. The Kier molecular flexibility index (Phi) is 12.0. The Morgan fingerprint density at radius 3 is 2.17 bits per heavy atom. The standard InChI is InChI=1S/C14H22O9/c1-4-12(15)21-8-7-18-9-11(23-14(17)20-6-3)10-22-13(16)19-5-2/h4,11H,1,5-10H2,2-3H3. The SMILES string of the molecule is C=CC(=O)OCCOCC(COC(=O)OCC)OC(=O)OCC. The normalized spacial score (nSPS) is 11.0. The summed E-state index contributed by atoms with van der Waals surface area (Å²) in [7, 11) is 0. The highest BCUT2D eigenvalue weighted by Crippen LogP contribution is 2.00. The maximum Gasteiger partial charge on any atom is 0.508 e. The van der Waals surface area contributed by atoms with Crippen LogP contribution in [-0.2, 0) is 33.2 Å². The summed E-state index contributed by atoms with van der Waals surface area (Å²) in [6.07, 6.45) is -1.65. The van der Waals surface area contributed by atoms with Crippen molar-refractivity contribution >= 4 is 18.3 Å². The summed E-state index contributed by atoms with van der Waals surface area (Å²) in [5.41, 5.74) is 0. The molecular weight excluding hydrogens is 312 g/mol. The molecule has 9 heteroatoms. The van der Waals surface area contributed by atoms with Crippen LogP contribution in [0.25, 0.3) is 0 Å². The summed E-state index contributed by atoms with van der Waals surface area (Å²) in [4.78, 5) is 33.2. The van der Waals surface area contributed by atoms with Crippen LogP contribution in [0.1, 0.15) is 13.8 Å². The Labute approximate surface area is 134 Å². The number of hydrogen-bond donors (Lipinski definition) is 0. The van der Waals surface area contributed by atoms with E-state index in [-0.39, 0.29) is 39.6 Å². The molecule has 0 aliphatic rings. The fourth-order valence-corrected chi connectivity index (χ4v) is 1.20. The number of ether oxygens (including phenoxy) is 6. The Bertz CT molecular complexity index is 380. The fraction of sp³-hybridized carbons (Fsp3) is 0.643. The van der Waals surface area contributed by atoms with Crippen LogP contribution >= 0.6 is 0 Å². The van der Waals surface area contributed by atoms with Gasteiger partial charge in [-0.05, 0) is 13.8 Å². The summed E-state index contributed by atoms with van der Waals surface area (Å²) in [6, 6.07) is 0. The monoisotopic (exact) mass is 334 g/mol. The van der Waals surface area contributed by atoms with Crippen molar-refractivity contribution < 1.29 is 42.8 Å². The first-order valence-corrected chi connectivity index (χ1v) is 7.03. The van der Waals surface area contributed by atoms with E-state index < -0.39 is 24.4 Å². The summed E-state index contributed by atoms with van der Waals surface area (Å²) in [5, 5.41) is 0. The summed E-state index contributed by atoms with van der Waals surface area (Å²) in [5.74, 6) is -0.571. The predicted octanol–water partition coefficient (Wildman–Crippen LogP) is 1.45. The highest BCUT2D eigenvalue weighted by atomic mass is 16.8. The van der Waals surface area contributed by atoms with E-state index in [9.17, 15) is 14.4 Å². The number of hydrogen-bond acceptors (Lipinski definition) is 9. The molecule has 0 aliphatic heterocycles. The molecule has 0 spiro atoms. The lowest BCUT2D eigenvalue weighted by molar-refractivity contribution is -0.139. The van der Waals surface area contributed by atoms with Gasteiger partial charge in [0.2, 0.25) is 0 Å². The van der Waals surface area contributed by atoms with Gasteiger partial charge in [-0.3, -0.25) is 0 Å². The number of carbonyl (C=O) groups excluding carboxylic acids is 3. The molecule has 0 aromatic heterocycles. The molecule has 0 aromatic carbocycles. The van der Waals surface area contributed by atoms with Gasteiger partial charge in [0.15, 0.2) is 6.10 Å². The Balaban J connectivity index is 4.14. The molecule has 23 heavy (non-hydrogen) atoms. The van der Waals surface area contributed by atoms with Crippen LogP contribution < -0.4 is 0 Å². The maximum atomic E-state index is 11.3. The average molecular weight is 334 g/mol. The van der Waals surface area contributed by atoms with Crippen LogP contribution in [0.5, 0.6) is 0 Å². The lowest BCUT2D eigenvalue weighted by atomic mass is 10.4. The van der Waals surface area contributed by atoms with Crippen molar-refractivity contribution in [3.63, 3.8) is 0 Å². The quantitative estimate of drug-likeness (QED) is 0.240. The lowest BCUT2D eigenvalue weighted by Gasteiger charge is -2.17. The molecule has 0 amide bonds. The van der Waals surface area contributed by atoms with E-state index in [4.69, 9.17) is 18.9 Å². The zero-order valence-corrected chi connectivity index (χ0v) is 13.3.